The number of halogens is 1. The van der Waals surface area contributed by atoms with Gasteiger partial charge in [0.15, 0.2) is 0 Å². The van der Waals surface area contributed by atoms with Crippen LogP contribution in [0.2, 0.25) is 0 Å². The van der Waals surface area contributed by atoms with Crippen LogP contribution in [0.5, 0.6) is 0 Å². The molecule has 0 saturated carbocycles. The maximum absolute atomic E-state index is 13.2. The number of rotatable bonds is 4. The van der Waals surface area contributed by atoms with Gasteiger partial charge in [-0.3, -0.25) is 4.79 Å². The molecule has 21 heavy (non-hydrogen) atoms. The van der Waals surface area contributed by atoms with Gasteiger partial charge in [0, 0.05) is 17.8 Å². The van der Waals surface area contributed by atoms with Crippen molar-refractivity contribution < 1.29 is 9.18 Å². The molecular weight excluding hydrogens is 267 g/mol. The number of benzene rings is 2. The summed E-state index contributed by atoms with van der Waals surface area (Å²) >= 11 is 0. The van der Waals surface area contributed by atoms with Crippen LogP contribution in [0.25, 0.3) is 0 Å². The highest BCUT2D eigenvalue weighted by atomic mass is 19.1. The lowest BCUT2D eigenvalue weighted by molar-refractivity contribution is 0.0987. The Balaban J connectivity index is 2.37. The van der Waals surface area contributed by atoms with Crippen LogP contribution in [0.3, 0.4) is 0 Å². The molecule has 0 unspecified atom stereocenters. The summed E-state index contributed by atoms with van der Waals surface area (Å²) in [5, 5.41) is 8.77. The van der Waals surface area contributed by atoms with Crippen LogP contribution in [0.15, 0.2) is 48.5 Å². The van der Waals surface area contributed by atoms with Crippen molar-refractivity contribution in [2.45, 2.75) is 13.3 Å². The number of aryl methyl sites for hydroxylation is 1. The number of amides is 1. The van der Waals surface area contributed by atoms with E-state index < -0.39 is 0 Å². The molecule has 2 aromatic rings. The first-order chi connectivity index (χ1) is 10.1. The number of hydrogen-bond donors (Lipinski definition) is 0. The summed E-state index contributed by atoms with van der Waals surface area (Å²) in [6, 6.07) is 15.3. The summed E-state index contributed by atoms with van der Waals surface area (Å²) in [5.41, 5.74) is 1.75. The van der Waals surface area contributed by atoms with Crippen LogP contribution < -0.4 is 4.90 Å². The average Bonchev–Trinajstić information content (AvgIpc) is 2.48. The summed E-state index contributed by atoms with van der Waals surface area (Å²) in [7, 11) is 0. The predicted molar refractivity (Wildman–Crippen MR) is 79.5 cm³/mol. The van der Waals surface area contributed by atoms with E-state index in [1.54, 1.807) is 11.8 Å². The first-order valence-electron chi connectivity index (χ1n) is 6.63. The summed E-state index contributed by atoms with van der Waals surface area (Å²) in [6.07, 6.45) is 0.237. The van der Waals surface area contributed by atoms with Crippen molar-refractivity contribution in [1.82, 2.24) is 0 Å². The average molecular weight is 282 g/mol. The number of anilines is 1. The molecule has 0 aliphatic heterocycles. The normalized spacial score (nSPS) is 9.95. The summed E-state index contributed by atoms with van der Waals surface area (Å²) in [4.78, 5) is 14.2. The third-order valence-corrected chi connectivity index (χ3v) is 3.18. The van der Waals surface area contributed by atoms with Gasteiger partial charge in [-0.25, -0.2) is 4.39 Å². The van der Waals surface area contributed by atoms with Gasteiger partial charge in [0.05, 0.1) is 12.5 Å². The molecule has 0 radical (unpaired) electrons. The molecule has 2 rings (SSSR count). The topological polar surface area (TPSA) is 44.1 Å². The first kappa shape index (κ1) is 14.7. The Hall–Kier alpha value is -2.67. The zero-order valence-electron chi connectivity index (χ0n) is 11.7. The van der Waals surface area contributed by atoms with E-state index in [-0.39, 0.29) is 18.1 Å². The summed E-state index contributed by atoms with van der Waals surface area (Å²) < 4.78 is 13.2. The fourth-order valence-electron chi connectivity index (χ4n) is 2.13. The lowest BCUT2D eigenvalue weighted by Gasteiger charge is -2.22. The number of carbonyl (C=O) groups excluding carboxylic acids is 1. The van der Waals surface area contributed by atoms with E-state index in [0.717, 1.165) is 5.69 Å². The van der Waals surface area contributed by atoms with E-state index in [4.69, 9.17) is 5.26 Å². The smallest absolute Gasteiger partial charge is 0.258 e. The van der Waals surface area contributed by atoms with Crippen molar-refractivity contribution in [1.29, 1.82) is 5.26 Å². The van der Waals surface area contributed by atoms with E-state index in [1.807, 2.05) is 36.4 Å². The van der Waals surface area contributed by atoms with Crippen LogP contribution >= 0.6 is 0 Å². The van der Waals surface area contributed by atoms with Crippen molar-refractivity contribution >= 4 is 11.6 Å². The molecule has 0 N–H and O–H groups in total. The highest BCUT2D eigenvalue weighted by Gasteiger charge is 2.19. The van der Waals surface area contributed by atoms with Crippen molar-refractivity contribution in [3.05, 3.63) is 65.5 Å². The SMILES string of the molecule is Cc1cc(F)ccc1C(=O)N(CCC#N)c1ccccc1. The minimum absolute atomic E-state index is 0.228. The second kappa shape index (κ2) is 6.67. The maximum Gasteiger partial charge on any atom is 0.258 e. The van der Waals surface area contributed by atoms with Crippen molar-refractivity contribution in [2.24, 2.45) is 0 Å². The van der Waals surface area contributed by atoms with Gasteiger partial charge in [-0.1, -0.05) is 18.2 Å². The Morgan fingerprint density at radius 3 is 2.57 bits per heavy atom. The number of para-hydroxylation sites is 1. The lowest BCUT2D eigenvalue weighted by Crippen LogP contribution is -2.32. The Morgan fingerprint density at radius 1 is 1.24 bits per heavy atom. The van der Waals surface area contributed by atoms with Crippen LogP contribution in [-0.2, 0) is 0 Å². The third kappa shape index (κ3) is 3.46. The second-order valence-electron chi connectivity index (χ2n) is 4.66. The molecule has 4 heteroatoms. The zero-order valence-corrected chi connectivity index (χ0v) is 11.7. The van der Waals surface area contributed by atoms with E-state index in [2.05, 4.69) is 0 Å². The molecule has 3 nitrogen and oxygen atoms in total. The van der Waals surface area contributed by atoms with E-state index in [1.165, 1.54) is 18.2 Å². The van der Waals surface area contributed by atoms with E-state index in [0.29, 0.717) is 17.7 Å². The second-order valence-corrected chi connectivity index (χ2v) is 4.66. The first-order valence-corrected chi connectivity index (χ1v) is 6.63. The molecule has 0 bridgehead atoms. The lowest BCUT2D eigenvalue weighted by atomic mass is 10.1. The Bertz CT molecular complexity index is 677. The van der Waals surface area contributed by atoms with E-state index in [9.17, 15) is 9.18 Å². The number of nitrogens with zero attached hydrogens (tertiary/aromatic N) is 2. The van der Waals surface area contributed by atoms with Gasteiger partial charge in [-0.05, 0) is 42.8 Å². The highest BCUT2D eigenvalue weighted by Crippen LogP contribution is 2.19. The van der Waals surface area contributed by atoms with Gasteiger partial charge in [0.1, 0.15) is 5.82 Å². The van der Waals surface area contributed by atoms with Crippen molar-refractivity contribution in [3.63, 3.8) is 0 Å². The number of nitriles is 1. The monoisotopic (exact) mass is 282 g/mol. The van der Waals surface area contributed by atoms with Crippen molar-refractivity contribution in [2.75, 3.05) is 11.4 Å². The van der Waals surface area contributed by atoms with Crippen LogP contribution in [0.1, 0.15) is 22.3 Å². The molecule has 0 spiro atoms. The quantitative estimate of drug-likeness (QED) is 0.858. The van der Waals surface area contributed by atoms with Crippen LogP contribution in [0.4, 0.5) is 10.1 Å². The third-order valence-electron chi connectivity index (χ3n) is 3.18. The minimum atomic E-state index is -0.368. The van der Waals surface area contributed by atoms with Gasteiger partial charge < -0.3 is 4.90 Å². The standard InChI is InChI=1S/C17H15FN2O/c1-13-12-14(18)8-9-16(13)17(21)20(11-5-10-19)15-6-3-2-4-7-15/h2-4,6-9,12H,5,11H2,1H3. The minimum Gasteiger partial charge on any atom is -0.307 e. The summed E-state index contributed by atoms with van der Waals surface area (Å²) in [6.45, 7) is 2.00. The molecule has 0 saturated heterocycles. The largest absolute Gasteiger partial charge is 0.307 e. The zero-order chi connectivity index (χ0) is 15.2. The van der Waals surface area contributed by atoms with Gasteiger partial charge >= 0.3 is 0 Å². The number of carbonyl (C=O) groups is 1. The molecule has 0 aromatic heterocycles. The molecule has 2 aromatic carbocycles. The molecule has 1 amide bonds. The molecular formula is C17H15FN2O. The molecule has 0 aliphatic rings. The number of hydrogen-bond acceptors (Lipinski definition) is 2. The molecule has 0 atom stereocenters. The Morgan fingerprint density at radius 2 is 1.95 bits per heavy atom. The molecule has 0 aliphatic carbocycles. The van der Waals surface area contributed by atoms with Crippen molar-refractivity contribution in [3.8, 4) is 6.07 Å². The fourth-order valence-corrected chi connectivity index (χ4v) is 2.13. The van der Waals surface area contributed by atoms with Crippen LogP contribution in [-0.4, -0.2) is 12.5 Å². The van der Waals surface area contributed by atoms with Gasteiger partial charge in [-0.2, -0.15) is 5.26 Å². The van der Waals surface area contributed by atoms with Crippen LogP contribution in [0, 0.1) is 24.1 Å². The van der Waals surface area contributed by atoms with Gasteiger partial charge in [0.2, 0.25) is 0 Å². The highest BCUT2D eigenvalue weighted by molar-refractivity contribution is 6.07. The maximum atomic E-state index is 13.2. The van der Waals surface area contributed by atoms with Gasteiger partial charge in [-0.15, -0.1) is 0 Å². The Labute approximate surface area is 123 Å². The van der Waals surface area contributed by atoms with Gasteiger partial charge in [0.25, 0.3) is 5.91 Å². The molecule has 0 heterocycles. The fraction of sp³-hybridized carbons (Fsp3) is 0.176. The predicted octanol–water partition coefficient (Wildman–Crippen LogP) is 3.69. The molecule has 106 valence electrons. The van der Waals surface area contributed by atoms with E-state index >= 15 is 0 Å². The molecule has 0 fully saturated rings. The summed E-state index contributed by atoms with van der Waals surface area (Å²) in [5.74, 6) is -0.596. The Kier molecular flexibility index (Phi) is 4.68.